The second-order valence-electron chi connectivity index (χ2n) is 4.25. The Morgan fingerprint density at radius 3 is 2.94 bits per heavy atom. The molecule has 1 rings (SSSR count). The molecule has 0 bridgehead atoms. The van der Waals surface area contributed by atoms with Gasteiger partial charge in [-0.1, -0.05) is 18.2 Å². The van der Waals surface area contributed by atoms with E-state index < -0.39 is 0 Å². The fourth-order valence-corrected chi connectivity index (χ4v) is 1.71. The van der Waals surface area contributed by atoms with Gasteiger partial charge in [-0.05, 0) is 43.5 Å². The van der Waals surface area contributed by atoms with Gasteiger partial charge in [-0.3, -0.25) is 0 Å². The van der Waals surface area contributed by atoms with E-state index in [4.69, 9.17) is 4.74 Å². The van der Waals surface area contributed by atoms with Gasteiger partial charge in [0, 0.05) is 6.54 Å². The highest BCUT2D eigenvalue weighted by Crippen LogP contribution is 2.12. The Morgan fingerprint density at radius 1 is 1.50 bits per heavy atom. The van der Waals surface area contributed by atoms with Crippen LogP contribution in [-0.2, 0) is 11.3 Å². The third-order valence-corrected chi connectivity index (χ3v) is 2.80. The van der Waals surface area contributed by atoms with Crippen LogP contribution in [0.15, 0.2) is 30.9 Å². The molecule has 98 valence electrons. The number of unbranched alkanes of at least 4 members (excludes halogenated alkanes) is 1. The number of rotatable bonds is 7. The van der Waals surface area contributed by atoms with Crippen LogP contribution in [0, 0.1) is 6.92 Å². The van der Waals surface area contributed by atoms with Crippen LogP contribution in [-0.4, -0.2) is 19.6 Å². The normalized spacial score (nSPS) is 10.1. The topological polar surface area (TPSA) is 38.3 Å². The first-order valence-electron chi connectivity index (χ1n) is 6.18. The molecule has 0 spiro atoms. The van der Waals surface area contributed by atoms with Crippen LogP contribution >= 0.6 is 0 Å². The van der Waals surface area contributed by atoms with Gasteiger partial charge >= 0.3 is 5.97 Å². The summed E-state index contributed by atoms with van der Waals surface area (Å²) in [6.45, 7) is 7.31. The molecular weight excluding hydrogens is 226 g/mol. The minimum atomic E-state index is -0.277. The maximum atomic E-state index is 11.5. The number of methoxy groups -OCH3 is 1. The standard InChI is InChI=1S/C15H21NO2/c1-4-5-6-9-16-11-13-8-7-12(2)14(10-13)15(17)18-3/h4,7-8,10,16H,1,5-6,9,11H2,2-3H3. The van der Waals surface area contributed by atoms with Crippen molar-refractivity contribution in [1.29, 1.82) is 0 Å². The van der Waals surface area contributed by atoms with Crippen LogP contribution in [0.3, 0.4) is 0 Å². The van der Waals surface area contributed by atoms with Gasteiger partial charge in [0.2, 0.25) is 0 Å². The summed E-state index contributed by atoms with van der Waals surface area (Å²) in [7, 11) is 1.40. The lowest BCUT2D eigenvalue weighted by Crippen LogP contribution is -2.15. The molecule has 1 N–H and O–H groups in total. The Bertz CT molecular complexity index is 413. The Kier molecular flexibility index (Phi) is 6.15. The molecule has 3 heteroatoms. The van der Waals surface area contributed by atoms with E-state index in [1.807, 2.05) is 31.2 Å². The van der Waals surface area contributed by atoms with Crippen molar-refractivity contribution < 1.29 is 9.53 Å². The molecule has 0 fully saturated rings. The van der Waals surface area contributed by atoms with Gasteiger partial charge in [0.25, 0.3) is 0 Å². The van der Waals surface area contributed by atoms with Crippen molar-refractivity contribution in [2.45, 2.75) is 26.3 Å². The molecule has 3 nitrogen and oxygen atoms in total. The largest absolute Gasteiger partial charge is 0.465 e. The van der Waals surface area contributed by atoms with E-state index in [9.17, 15) is 4.79 Å². The molecule has 0 aliphatic heterocycles. The minimum Gasteiger partial charge on any atom is -0.465 e. The number of allylic oxidation sites excluding steroid dienone is 1. The lowest BCUT2D eigenvalue weighted by atomic mass is 10.1. The van der Waals surface area contributed by atoms with Crippen LogP contribution in [0.2, 0.25) is 0 Å². The van der Waals surface area contributed by atoms with Gasteiger partial charge in [-0.15, -0.1) is 6.58 Å². The van der Waals surface area contributed by atoms with Gasteiger partial charge in [0.1, 0.15) is 0 Å². The molecule has 0 aromatic heterocycles. The smallest absolute Gasteiger partial charge is 0.338 e. The molecule has 0 radical (unpaired) electrons. The molecule has 0 saturated heterocycles. The summed E-state index contributed by atoms with van der Waals surface area (Å²) in [5.41, 5.74) is 2.68. The van der Waals surface area contributed by atoms with Gasteiger partial charge in [0.05, 0.1) is 12.7 Å². The lowest BCUT2D eigenvalue weighted by molar-refractivity contribution is 0.0600. The molecule has 1 aromatic rings. The first-order valence-corrected chi connectivity index (χ1v) is 6.18. The lowest BCUT2D eigenvalue weighted by Gasteiger charge is -2.08. The van der Waals surface area contributed by atoms with Gasteiger partial charge in [0.15, 0.2) is 0 Å². The van der Waals surface area contributed by atoms with Crippen LogP contribution in [0.4, 0.5) is 0 Å². The van der Waals surface area contributed by atoms with E-state index in [1.165, 1.54) is 7.11 Å². The maximum absolute atomic E-state index is 11.5. The van der Waals surface area contributed by atoms with Crippen molar-refractivity contribution >= 4 is 5.97 Å². The van der Waals surface area contributed by atoms with Gasteiger partial charge in [-0.25, -0.2) is 4.79 Å². The molecule has 1 aromatic carbocycles. The van der Waals surface area contributed by atoms with Crippen LogP contribution in [0.5, 0.6) is 0 Å². The number of ether oxygens (including phenoxy) is 1. The molecule has 0 unspecified atom stereocenters. The summed E-state index contributed by atoms with van der Waals surface area (Å²) in [5, 5.41) is 3.34. The van der Waals surface area contributed by atoms with Gasteiger partial charge in [-0.2, -0.15) is 0 Å². The number of nitrogens with one attached hydrogen (secondary N) is 1. The van der Waals surface area contributed by atoms with E-state index in [0.717, 1.165) is 37.1 Å². The zero-order valence-corrected chi connectivity index (χ0v) is 11.2. The minimum absolute atomic E-state index is 0.277. The van der Waals surface area contributed by atoms with Crippen molar-refractivity contribution in [2.75, 3.05) is 13.7 Å². The zero-order valence-electron chi connectivity index (χ0n) is 11.2. The fraction of sp³-hybridized carbons (Fsp3) is 0.400. The predicted octanol–water partition coefficient (Wildman–Crippen LogP) is 2.84. The van der Waals surface area contributed by atoms with Gasteiger partial charge < -0.3 is 10.1 Å². The summed E-state index contributed by atoms with van der Waals surface area (Å²) in [6.07, 6.45) is 4.02. The monoisotopic (exact) mass is 247 g/mol. The van der Waals surface area contributed by atoms with E-state index in [-0.39, 0.29) is 5.97 Å². The Hall–Kier alpha value is -1.61. The molecule has 0 atom stereocenters. The quantitative estimate of drug-likeness (QED) is 0.457. The number of hydrogen-bond donors (Lipinski definition) is 1. The molecule has 18 heavy (non-hydrogen) atoms. The molecule has 0 amide bonds. The summed E-state index contributed by atoms with van der Waals surface area (Å²) >= 11 is 0. The molecule has 0 heterocycles. The Morgan fingerprint density at radius 2 is 2.28 bits per heavy atom. The molecular formula is C15H21NO2. The average Bonchev–Trinajstić information content (AvgIpc) is 2.39. The van der Waals surface area contributed by atoms with Crippen LogP contribution in [0.25, 0.3) is 0 Å². The van der Waals surface area contributed by atoms with Crippen molar-refractivity contribution in [3.05, 3.63) is 47.5 Å². The Balaban J connectivity index is 2.56. The Labute approximate surface area is 109 Å². The van der Waals surface area contributed by atoms with Crippen molar-refractivity contribution in [2.24, 2.45) is 0 Å². The number of benzene rings is 1. The highest BCUT2D eigenvalue weighted by Gasteiger charge is 2.09. The molecule has 0 aliphatic carbocycles. The van der Waals surface area contributed by atoms with Crippen LogP contribution < -0.4 is 5.32 Å². The summed E-state index contributed by atoms with van der Waals surface area (Å²) in [5.74, 6) is -0.277. The van der Waals surface area contributed by atoms with E-state index in [1.54, 1.807) is 0 Å². The number of esters is 1. The van der Waals surface area contributed by atoms with E-state index in [0.29, 0.717) is 5.56 Å². The summed E-state index contributed by atoms with van der Waals surface area (Å²) in [4.78, 5) is 11.5. The van der Waals surface area contributed by atoms with Crippen LogP contribution in [0.1, 0.15) is 34.3 Å². The third-order valence-electron chi connectivity index (χ3n) is 2.80. The van der Waals surface area contributed by atoms with E-state index in [2.05, 4.69) is 11.9 Å². The van der Waals surface area contributed by atoms with E-state index >= 15 is 0 Å². The summed E-state index contributed by atoms with van der Waals surface area (Å²) < 4.78 is 4.76. The first-order chi connectivity index (χ1) is 8.69. The SMILES string of the molecule is C=CCCCNCc1ccc(C)c(C(=O)OC)c1. The highest BCUT2D eigenvalue weighted by molar-refractivity contribution is 5.91. The molecule has 0 aliphatic rings. The zero-order chi connectivity index (χ0) is 13.4. The maximum Gasteiger partial charge on any atom is 0.338 e. The fourth-order valence-electron chi connectivity index (χ4n) is 1.71. The van der Waals surface area contributed by atoms with Crippen molar-refractivity contribution in [3.63, 3.8) is 0 Å². The second kappa shape index (κ2) is 7.67. The predicted molar refractivity (Wildman–Crippen MR) is 73.7 cm³/mol. The molecule has 0 saturated carbocycles. The second-order valence-corrected chi connectivity index (χ2v) is 4.25. The summed E-state index contributed by atoms with van der Waals surface area (Å²) in [6, 6.07) is 5.87. The van der Waals surface area contributed by atoms with Crippen molar-refractivity contribution in [3.8, 4) is 0 Å². The number of carbonyl (C=O) groups excluding carboxylic acids is 1. The number of carbonyl (C=O) groups is 1. The first kappa shape index (κ1) is 14.5. The third kappa shape index (κ3) is 4.34. The number of hydrogen-bond acceptors (Lipinski definition) is 3. The highest BCUT2D eigenvalue weighted by atomic mass is 16.5. The van der Waals surface area contributed by atoms with Crippen molar-refractivity contribution in [1.82, 2.24) is 5.32 Å². The average molecular weight is 247 g/mol. The number of aryl methyl sites for hydroxylation is 1.